The van der Waals surface area contributed by atoms with Crippen molar-refractivity contribution in [2.45, 2.75) is 52.2 Å². The van der Waals surface area contributed by atoms with Gasteiger partial charge in [0.05, 0.1) is 12.0 Å². The Balaban J connectivity index is 1.74. The summed E-state index contributed by atoms with van der Waals surface area (Å²) in [6.45, 7) is 6.40. The van der Waals surface area contributed by atoms with Gasteiger partial charge in [0.2, 0.25) is 0 Å². The quantitative estimate of drug-likeness (QED) is 0.797. The number of rotatable bonds is 8. The van der Waals surface area contributed by atoms with Gasteiger partial charge in [0.1, 0.15) is 0 Å². The Morgan fingerprint density at radius 2 is 2.05 bits per heavy atom. The number of benzene rings is 1. The summed E-state index contributed by atoms with van der Waals surface area (Å²) in [4.78, 5) is 4.24. The van der Waals surface area contributed by atoms with E-state index in [9.17, 15) is 0 Å². The molecular formula is C17H25N3. The molecule has 0 aliphatic rings. The summed E-state index contributed by atoms with van der Waals surface area (Å²) in [5, 5.41) is 3.59. The largest absolute Gasteiger partial charge is 0.333 e. The average Bonchev–Trinajstić information content (AvgIpc) is 2.92. The number of nitrogens with zero attached hydrogens (tertiary/aromatic N) is 2. The van der Waals surface area contributed by atoms with Crippen molar-refractivity contribution < 1.29 is 0 Å². The predicted octanol–water partition coefficient (Wildman–Crippen LogP) is 3.40. The molecule has 20 heavy (non-hydrogen) atoms. The maximum Gasteiger partial charge on any atom is 0.0948 e. The number of aromatic nitrogens is 2. The summed E-state index contributed by atoms with van der Waals surface area (Å²) in [7, 11) is 0. The van der Waals surface area contributed by atoms with E-state index in [2.05, 4.69) is 59.0 Å². The van der Waals surface area contributed by atoms with Crippen LogP contribution < -0.4 is 5.32 Å². The van der Waals surface area contributed by atoms with Crippen molar-refractivity contribution in [3.8, 4) is 0 Å². The molecule has 2 rings (SSSR count). The third kappa shape index (κ3) is 4.49. The standard InChI is InChI=1S/C17H25N3/c1-3-11-20-14-18-12-17(20)13-19-15(2)9-10-16-7-5-4-6-8-16/h4-8,12,14-15,19H,3,9-11,13H2,1-2H3. The highest BCUT2D eigenvalue weighted by atomic mass is 15.1. The van der Waals surface area contributed by atoms with Gasteiger partial charge in [-0.25, -0.2) is 4.98 Å². The Hall–Kier alpha value is -1.61. The molecular weight excluding hydrogens is 246 g/mol. The summed E-state index contributed by atoms with van der Waals surface area (Å²) in [6.07, 6.45) is 7.32. The smallest absolute Gasteiger partial charge is 0.0948 e. The van der Waals surface area contributed by atoms with Crippen molar-refractivity contribution in [2.75, 3.05) is 0 Å². The van der Waals surface area contributed by atoms with E-state index < -0.39 is 0 Å². The number of imidazole rings is 1. The van der Waals surface area contributed by atoms with Gasteiger partial charge >= 0.3 is 0 Å². The van der Waals surface area contributed by atoms with Crippen molar-refractivity contribution in [3.05, 3.63) is 54.1 Å². The van der Waals surface area contributed by atoms with E-state index in [1.807, 2.05) is 12.5 Å². The lowest BCUT2D eigenvalue weighted by atomic mass is 10.1. The van der Waals surface area contributed by atoms with Gasteiger partial charge in [0, 0.05) is 25.3 Å². The van der Waals surface area contributed by atoms with Gasteiger partial charge < -0.3 is 9.88 Å². The van der Waals surface area contributed by atoms with Crippen molar-refractivity contribution in [1.29, 1.82) is 0 Å². The molecule has 1 aromatic carbocycles. The topological polar surface area (TPSA) is 29.9 Å². The summed E-state index contributed by atoms with van der Waals surface area (Å²) in [5.41, 5.74) is 2.69. The van der Waals surface area contributed by atoms with E-state index in [-0.39, 0.29) is 0 Å². The molecule has 1 atom stereocenters. The number of hydrogen-bond donors (Lipinski definition) is 1. The zero-order valence-electron chi connectivity index (χ0n) is 12.5. The molecule has 0 amide bonds. The van der Waals surface area contributed by atoms with Gasteiger partial charge in [-0.2, -0.15) is 0 Å². The summed E-state index contributed by atoms with van der Waals surface area (Å²) >= 11 is 0. The molecule has 1 unspecified atom stereocenters. The van der Waals surface area contributed by atoms with Gasteiger partial charge in [-0.1, -0.05) is 37.3 Å². The van der Waals surface area contributed by atoms with Crippen molar-refractivity contribution in [3.63, 3.8) is 0 Å². The Labute approximate surface area is 122 Å². The number of nitrogens with one attached hydrogen (secondary N) is 1. The first-order valence-electron chi connectivity index (χ1n) is 7.56. The van der Waals surface area contributed by atoms with Crippen molar-refractivity contribution in [2.24, 2.45) is 0 Å². The van der Waals surface area contributed by atoms with Crippen molar-refractivity contribution >= 4 is 0 Å². The first kappa shape index (κ1) is 14.8. The molecule has 0 radical (unpaired) electrons. The highest BCUT2D eigenvalue weighted by Gasteiger charge is 2.05. The van der Waals surface area contributed by atoms with Gasteiger partial charge in [0.15, 0.2) is 0 Å². The number of aryl methyl sites for hydroxylation is 2. The Morgan fingerprint density at radius 1 is 1.25 bits per heavy atom. The van der Waals surface area contributed by atoms with Crippen LogP contribution in [0.3, 0.4) is 0 Å². The zero-order chi connectivity index (χ0) is 14.2. The fourth-order valence-corrected chi connectivity index (χ4v) is 2.35. The summed E-state index contributed by atoms with van der Waals surface area (Å²) < 4.78 is 2.23. The summed E-state index contributed by atoms with van der Waals surface area (Å²) in [6, 6.07) is 11.2. The van der Waals surface area contributed by atoms with Crippen LogP contribution in [0.15, 0.2) is 42.9 Å². The molecule has 1 N–H and O–H groups in total. The van der Waals surface area contributed by atoms with Gasteiger partial charge in [-0.3, -0.25) is 0 Å². The Morgan fingerprint density at radius 3 is 2.80 bits per heavy atom. The third-order valence-corrected chi connectivity index (χ3v) is 3.60. The van der Waals surface area contributed by atoms with Crippen LogP contribution in [0.2, 0.25) is 0 Å². The molecule has 0 saturated heterocycles. The van der Waals surface area contributed by atoms with E-state index in [0.717, 1.165) is 32.4 Å². The molecule has 108 valence electrons. The van der Waals surface area contributed by atoms with Gasteiger partial charge in [0.25, 0.3) is 0 Å². The second-order valence-corrected chi connectivity index (χ2v) is 5.38. The second kappa shape index (κ2) is 7.85. The molecule has 0 fully saturated rings. The van der Waals surface area contributed by atoms with E-state index in [1.165, 1.54) is 11.3 Å². The first-order chi connectivity index (χ1) is 9.79. The molecule has 0 spiro atoms. The fraction of sp³-hybridized carbons (Fsp3) is 0.471. The molecule has 3 nitrogen and oxygen atoms in total. The summed E-state index contributed by atoms with van der Waals surface area (Å²) in [5.74, 6) is 0. The Bertz CT molecular complexity index is 490. The fourth-order valence-electron chi connectivity index (χ4n) is 2.35. The average molecular weight is 271 g/mol. The Kier molecular flexibility index (Phi) is 5.81. The number of hydrogen-bond acceptors (Lipinski definition) is 2. The molecule has 1 heterocycles. The van der Waals surface area contributed by atoms with Crippen LogP contribution in [-0.2, 0) is 19.5 Å². The normalized spacial score (nSPS) is 12.5. The minimum Gasteiger partial charge on any atom is -0.333 e. The SMILES string of the molecule is CCCn1cncc1CNC(C)CCc1ccccc1. The van der Waals surface area contributed by atoms with Crippen LogP contribution in [0.5, 0.6) is 0 Å². The molecule has 1 aromatic heterocycles. The van der Waals surface area contributed by atoms with Crippen LogP contribution >= 0.6 is 0 Å². The van der Waals surface area contributed by atoms with Crippen LogP contribution in [0, 0.1) is 0 Å². The van der Waals surface area contributed by atoms with E-state index in [1.54, 1.807) is 0 Å². The highest BCUT2D eigenvalue weighted by molar-refractivity contribution is 5.14. The highest BCUT2D eigenvalue weighted by Crippen LogP contribution is 2.06. The van der Waals surface area contributed by atoms with E-state index in [0.29, 0.717) is 6.04 Å². The lowest BCUT2D eigenvalue weighted by molar-refractivity contribution is 0.497. The van der Waals surface area contributed by atoms with Gasteiger partial charge in [-0.05, 0) is 31.7 Å². The molecule has 0 aliphatic heterocycles. The van der Waals surface area contributed by atoms with Crippen LogP contribution in [0.1, 0.15) is 37.9 Å². The third-order valence-electron chi connectivity index (χ3n) is 3.60. The lowest BCUT2D eigenvalue weighted by Crippen LogP contribution is -2.27. The molecule has 3 heteroatoms. The minimum absolute atomic E-state index is 0.514. The maximum absolute atomic E-state index is 4.24. The van der Waals surface area contributed by atoms with Crippen molar-refractivity contribution in [1.82, 2.24) is 14.9 Å². The molecule has 0 bridgehead atoms. The molecule has 2 aromatic rings. The lowest BCUT2D eigenvalue weighted by Gasteiger charge is -2.14. The second-order valence-electron chi connectivity index (χ2n) is 5.38. The monoisotopic (exact) mass is 271 g/mol. The van der Waals surface area contributed by atoms with Crippen LogP contribution in [0.4, 0.5) is 0 Å². The first-order valence-corrected chi connectivity index (χ1v) is 7.56. The van der Waals surface area contributed by atoms with E-state index in [4.69, 9.17) is 0 Å². The molecule has 0 saturated carbocycles. The minimum atomic E-state index is 0.514. The predicted molar refractivity (Wildman–Crippen MR) is 83.6 cm³/mol. The maximum atomic E-state index is 4.24. The molecule has 0 aliphatic carbocycles. The van der Waals surface area contributed by atoms with Gasteiger partial charge in [-0.15, -0.1) is 0 Å². The van der Waals surface area contributed by atoms with E-state index >= 15 is 0 Å². The van der Waals surface area contributed by atoms with Crippen LogP contribution in [-0.4, -0.2) is 15.6 Å². The van der Waals surface area contributed by atoms with Crippen LogP contribution in [0.25, 0.3) is 0 Å². The zero-order valence-corrected chi connectivity index (χ0v) is 12.5.